The summed E-state index contributed by atoms with van der Waals surface area (Å²) >= 11 is 0. The van der Waals surface area contributed by atoms with Crippen LogP contribution in [0.3, 0.4) is 0 Å². The van der Waals surface area contributed by atoms with Crippen LogP contribution < -0.4 is 10.0 Å². The van der Waals surface area contributed by atoms with Crippen molar-refractivity contribution in [2.45, 2.75) is 45.2 Å². The average Bonchev–Trinajstić information content (AvgIpc) is 2.42. The number of hydrogen-bond donors (Lipinski definition) is 2. The maximum atomic E-state index is 12.3. The van der Waals surface area contributed by atoms with E-state index in [1.807, 2.05) is 32.9 Å². The van der Waals surface area contributed by atoms with Crippen molar-refractivity contribution in [3.05, 3.63) is 29.3 Å². The molecule has 0 saturated heterocycles. The normalized spacial score (nSPS) is 12.0. The second-order valence-electron chi connectivity index (χ2n) is 5.20. The van der Waals surface area contributed by atoms with Crippen LogP contribution in [0.5, 0.6) is 0 Å². The SMILES string of the molecule is CCNCc1ccc(C)c(S(=O)(=O)NCCOC(C)C)c1. The number of hydrogen-bond acceptors (Lipinski definition) is 4. The quantitative estimate of drug-likeness (QED) is 0.682. The predicted octanol–water partition coefficient (Wildman–Crippen LogP) is 1.81. The lowest BCUT2D eigenvalue weighted by atomic mass is 10.1. The van der Waals surface area contributed by atoms with E-state index in [-0.39, 0.29) is 12.6 Å². The fourth-order valence-corrected chi connectivity index (χ4v) is 3.17. The maximum Gasteiger partial charge on any atom is 0.240 e. The molecule has 5 nitrogen and oxygen atoms in total. The van der Waals surface area contributed by atoms with Crippen molar-refractivity contribution < 1.29 is 13.2 Å². The van der Waals surface area contributed by atoms with Crippen LogP contribution in [0.1, 0.15) is 31.9 Å². The van der Waals surface area contributed by atoms with Gasteiger partial charge in [0, 0.05) is 13.1 Å². The third kappa shape index (κ3) is 6.13. The van der Waals surface area contributed by atoms with Gasteiger partial charge in [0.05, 0.1) is 17.6 Å². The molecular weight excluding hydrogens is 288 g/mol. The lowest BCUT2D eigenvalue weighted by molar-refractivity contribution is 0.0834. The Hall–Kier alpha value is -0.950. The summed E-state index contributed by atoms with van der Waals surface area (Å²) in [6.45, 7) is 9.81. The van der Waals surface area contributed by atoms with E-state index < -0.39 is 10.0 Å². The summed E-state index contributed by atoms with van der Waals surface area (Å²) in [5, 5.41) is 3.19. The van der Waals surface area contributed by atoms with Gasteiger partial charge in [-0.05, 0) is 44.5 Å². The van der Waals surface area contributed by atoms with Crippen molar-refractivity contribution in [1.29, 1.82) is 0 Å². The first kappa shape index (κ1) is 18.1. The van der Waals surface area contributed by atoms with Crippen molar-refractivity contribution in [3.8, 4) is 0 Å². The van der Waals surface area contributed by atoms with Gasteiger partial charge in [-0.3, -0.25) is 0 Å². The molecule has 0 aromatic heterocycles. The number of benzene rings is 1. The van der Waals surface area contributed by atoms with E-state index >= 15 is 0 Å². The van der Waals surface area contributed by atoms with Crippen molar-refractivity contribution >= 4 is 10.0 Å². The summed E-state index contributed by atoms with van der Waals surface area (Å²) in [5.41, 5.74) is 1.70. The zero-order valence-electron chi connectivity index (χ0n) is 13.3. The summed E-state index contributed by atoms with van der Waals surface area (Å²) in [5.74, 6) is 0. The number of ether oxygens (including phenoxy) is 1. The van der Waals surface area contributed by atoms with Crippen molar-refractivity contribution in [1.82, 2.24) is 10.0 Å². The number of sulfonamides is 1. The molecule has 0 bridgehead atoms. The van der Waals surface area contributed by atoms with Crippen molar-refractivity contribution in [2.24, 2.45) is 0 Å². The van der Waals surface area contributed by atoms with E-state index in [2.05, 4.69) is 10.0 Å². The van der Waals surface area contributed by atoms with E-state index in [1.165, 1.54) is 0 Å². The molecule has 0 spiro atoms. The zero-order chi connectivity index (χ0) is 15.9. The highest BCUT2D eigenvalue weighted by molar-refractivity contribution is 7.89. The molecule has 0 amide bonds. The zero-order valence-corrected chi connectivity index (χ0v) is 14.1. The molecule has 1 aromatic carbocycles. The topological polar surface area (TPSA) is 67.4 Å². The Kier molecular flexibility index (Phi) is 7.31. The van der Waals surface area contributed by atoms with E-state index in [9.17, 15) is 8.42 Å². The summed E-state index contributed by atoms with van der Waals surface area (Å²) in [6.07, 6.45) is 0.0969. The summed E-state index contributed by atoms with van der Waals surface area (Å²) in [7, 11) is -3.49. The van der Waals surface area contributed by atoms with Gasteiger partial charge in [0.15, 0.2) is 0 Å². The standard InChI is InChI=1S/C15H26N2O3S/c1-5-16-11-14-7-6-13(4)15(10-14)21(18,19)17-8-9-20-12(2)3/h6-7,10,12,16-17H,5,8-9,11H2,1-4H3. The summed E-state index contributed by atoms with van der Waals surface area (Å²) in [6, 6.07) is 5.51. The van der Waals surface area contributed by atoms with Gasteiger partial charge in [0.25, 0.3) is 0 Å². The molecule has 0 radical (unpaired) electrons. The van der Waals surface area contributed by atoms with Crippen LogP contribution in [0.4, 0.5) is 0 Å². The van der Waals surface area contributed by atoms with Crippen LogP contribution in [0.15, 0.2) is 23.1 Å². The van der Waals surface area contributed by atoms with Gasteiger partial charge in [-0.25, -0.2) is 13.1 Å². The Bertz CT molecular complexity index is 542. The molecule has 2 N–H and O–H groups in total. The Balaban J connectivity index is 2.76. The van der Waals surface area contributed by atoms with E-state index in [4.69, 9.17) is 4.74 Å². The van der Waals surface area contributed by atoms with E-state index in [0.29, 0.717) is 18.0 Å². The number of nitrogens with one attached hydrogen (secondary N) is 2. The molecule has 0 saturated carbocycles. The fourth-order valence-electron chi connectivity index (χ4n) is 1.86. The monoisotopic (exact) mass is 314 g/mol. The second kappa shape index (κ2) is 8.48. The molecule has 0 aliphatic heterocycles. The van der Waals surface area contributed by atoms with Gasteiger partial charge in [-0.1, -0.05) is 19.1 Å². The molecule has 120 valence electrons. The summed E-state index contributed by atoms with van der Waals surface area (Å²) in [4.78, 5) is 0.336. The Labute approximate surface area is 128 Å². The molecule has 0 heterocycles. The van der Waals surface area contributed by atoms with E-state index in [0.717, 1.165) is 17.7 Å². The lowest BCUT2D eigenvalue weighted by Crippen LogP contribution is -2.29. The molecule has 0 fully saturated rings. The fraction of sp³-hybridized carbons (Fsp3) is 0.600. The first-order valence-corrected chi connectivity index (χ1v) is 8.76. The minimum atomic E-state index is -3.49. The molecular formula is C15H26N2O3S. The van der Waals surface area contributed by atoms with Gasteiger partial charge < -0.3 is 10.1 Å². The van der Waals surface area contributed by atoms with Gasteiger partial charge in [0.2, 0.25) is 10.0 Å². The van der Waals surface area contributed by atoms with Crippen LogP contribution in [0.25, 0.3) is 0 Å². The van der Waals surface area contributed by atoms with Crippen molar-refractivity contribution in [3.63, 3.8) is 0 Å². The number of aryl methyl sites for hydroxylation is 1. The largest absolute Gasteiger partial charge is 0.377 e. The highest BCUT2D eigenvalue weighted by Crippen LogP contribution is 2.17. The molecule has 0 aliphatic carbocycles. The lowest BCUT2D eigenvalue weighted by Gasteiger charge is -2.12. The van der Waals surface area contributed by atoms with Crippen LogP contribution in [0, 0.1) is 6.92 Å². The molecule has 1 aromatic rings. The molecule has 0 unspecified atom stereocenters. The predicted molar refractivity (Wildman–Crippen MR) is 84.8 cm³/mol. The Morgan fingerprint density at radius 3 is 2.62 bits per heavy atom. The third-order valence-electron chi connectivity index (χ3n) is 2.97. The van der Waals surface area contributed by atoms with Gasteiger partial charge in [0.1, 0.15) is 0 Å². The first-order valence-electron chi connectivity index (χ1n) is 7.28. The third-order valence-corrected chi connectivity index (χ3v) is 4.57. The smallest absolute Gasteiger partial charge is 0.240 e. The highest BCUT2D eigenvalue weighted by Gasteiger charge is 2.16. The van der Waals surface area contributed by atoms with Gasteiger partial charge in [-0.15, -0.1) is 0 Å². The minimum Gasteiger partial charge on any atom is -0.377 e. The van der Waals surface area contributed by atoms with Crippen LogP contribution in [0.2, 0.25) is 0 Å². The molecule has 6 heteroatoms. The van der Waals surface area contributed by atoms with Crippen LogP contribution >= 0.6 is 0 Å². The number of rotatable bonds is 9. The molecule has 1 rings (SSSR count). The Morgan fingerprint density at radius 2 is 2.00 bits per heavy atom. The second-order valence-corrected chi connectivity index (χ2v) is 6.93. The minimum absolute atomic E-state index is 0.0969. The van der Waals surface area contributed by atoms with Gasteiger partial charge >= 0.3 is 0 Å². The van der Waals surface area contributed by atoms with E-state index in [1.54, 1.807) is 13.0 Å². The molecule has 0 atom stereocenters. The van der Waals surface area contributed by atoms with Crippen LogP contribution in [-0.2, 0) is 21.3 Å². The highest BCUT2D eigenvalue weighted by atomic mass is 32.2. The average molecular weight is 314 g/mol. The molecule has 21 heavy (non-hydrogen) atoms. The van der Waals surface area contributed by atoms with Gasteiger partial charge in [-0.2, -0.15) is 0 Å². The van der Waals surface area contributed by atoms with Crippen molar-refractivity contribution in [2.75, 3.05) is 19.7 Å². The first-order chi connectivity index (χ1) is 9.86. The van der Waals surface area contributed by atoms with Crippen LogP contribution in [-0.4, -0.2) is 34.2 Å². The Morgan fingerprint density at radius 1 is 1.29 bits per heavy atom. The maximum absolute atomic E-state index is 12.3. The molecule has 0 aliphatic rings. The summed E-state index contributed by atoms with van der Waals surface area (Å²) < 4.78 is 32.6.